The first-order chi connectivity index (χ1) is 17.4. The molecule has 37 heavy (non-hydrogen) atoms. The number of Topliss-reactive ketones (excluding diaryl/α,β-unsaturated/α-hetero) is 2. The number of imide groups is 1. The predicted molar refractivity (Wildman–Crippen MR) is 119 cm³/mol. The molecule has 2 aromatic carbocycles. The first-order valence-corrected chi connectivity index (χ1v) is 10.8. The molecule has 1 heterocycles. The van der Waals surface area contributed by atoms with Gasteiger partial charge in [-0.05, 0) is 17.7 Å². The van der Waals surface area contributed by atoms with E-state index in [2.05, 4.69) is 10.6 Å². The summed E-state index contributed by atoms with van der Waals surface area (Å²) in [6.07, 6.45) is -5.54. The molecular weight excluding hydrogens is 499 g/mol. The highest BCUT2D eigenvalue weighted by Gasteiger charge is 2.44. The van der Waals surface area contributed by atoms with Crippen molar-refractivity contribution in [1.82, 2.24) is 15.5 Å². The van der Waals surface area contributed by atoms with Crippen LogP contribution in [0.5, 0.6) is 0 Å². The number of nitrogens with zero attached hydrogens (tertiary/aromatic N) is 1. The van der Waals surface area contributed by atoms with E-state index in [1.165, 1.54) is 24.3 Å². The van der Waals surface area contributed by atoms with Crippen molar-refractivity contribution in [1.29, 1.82) is 0 Å². The fourth-order valence-electron chi connectivity index (χ4n) is 3.67. The summed E-state index contributed by atoms with van der Waals surface area (Å²) < 4.78 is 37.1. The van der Waals surface area contributed by atoms with Crippen LogP contribution in [-0.2, 0) is 25.6 Å². The van der Waals surface area contributed by atoms with Crippen LogP contribution in [0.2, 0.25) is 0 Å². The van der Waals surface area contributed by atoms with Crippen LogP contribution >= 0.6 is 0 Å². The number of halogens is 3. The van der Waals surface area contributed by atoms with Crippen molar-refractivity contribution in [3.8, 4) is 0 Å². The standard InChI is InChI=1S/C24H20F3N3O7/c25-24(26,27)19(32)18(31)12-28-11-16(23(36)37)29-20(33)17(10-13-6-2-1-3-7-13)30-21(34)14-8-4-5-9-15(14)22(30)35/h1-9,16-17,28H,10-12H2,(H,29,33)(H,36,37)/t16-,17?/m0/s1. The van der Waals surface area contributed by atoms with Crippen molar-refractivity contribution in [2.75, 3.05) is 13.1 Å². The number of hydrogen-bond acceptors (Lipinski definition) is 7. The minimum absolute atomic E-state index is 0.0719. The second-order valence-electron chi connectivity index (χ2n) is 8.01. The number of carboxylic acid groups (broad SMARTS) is 1. The van der Waals surface area contributed by atoms with E-state index in [0.29, 0.717) is 5.56 Å². The first kappa shape index (κ1) is 27.2. The number of alkyl halides is 3. The molecule has 13 heteroatoms. The third kappa shape index (κ3) is 6.25. The highest BCUT2D eigenvalue weighted by Crippen LogP contribution is 2.26. The van der Waals surface area contributed by atoms with Gasteiger partial charge in [0.1, 0.15) is 12.1 Å². The quantitative estimate of drug-likeness (QED) is 0.291. The van der Waals surface area contributed by atoms with Gasteiger partial charge < -0.3 is 15.7 Å². The van der Waals surface area contributed by atoms with E-state index < -0.39 is 66.6 Å². The molecule has 1 aliphatic heterocycles. The number of aliphatic carboxylic acids is 1. The number of carbonyl (C=O) groups is 6. The third-order valence-corrected chi connectivity index (χ3v) is 5.47. The van der Waals surface area contributed by atoms with Crippen LogP contribution in [0.3, 0.4) is 0 Å². The van der Waals surface area contributed by atoms with Crippen LogP contribution in [0.25, 0.3) is 0 Å². The molecule has 0 aliphatic carbocycles. The third-order valence-electron chi connectivity index (χ3n) is 5.47. The van der Waals surface area contributed by atoms with Gasteiger partial charge in [0.2, 0.25) is 11.7 Å². The van der Waals surface area contributed by atoms with E-state index in [0.717, 1.165) is 4.90 Å². The number of ketones is 2. The largest absolute Gasteiger partial charge is 0.480 e. The molecule has 10 nitrogen and oxygen atoms in total. The maximum absolute atomic E-state index is 13.2. The van der Waals surface area contributed by atoms with Crippen molar-refractivity contribution in [2.45, 2.75) is 24.7 Å². The number of carboxylic acids is 1. The summed E-state index contributed by atoms with van der Waals surface area (Å²) in [5, 5.41) is 13.7. The Bertz CT molecular complexity index is 1210. The lowest BCUT2D eigenvalue weighted by Crippen LogP contribution is -2.56. The number of benzene rings is 2. The molecule has 194 valence electrons. The molecular formula is C24H20F3N3O7. The first-order valence-electron chi connectivity index (χ1n) is 10.8. The molecule has 3 amide bonds. The molecule has 1 aliphatic rings. The molecule has 3 rings (SSSR count). The summed E-state index contributed by atoms with van der Waals surface area (Å²) in [5.41, 5.74) is 0.700. The number of rotatable bonds is 11. The summed E-state index contributed by atoms with van der Waals surface area (Å²) in [6, 6.07) is 11.0. The lowest BCUT2D eigenvalue weighted by Gasteiger charge is -2.27. The van der Waals surface area contributed by atoms with Crippen LogP contribution in [0, 0.1) is 0 Å². The number of amides is 3. The minimum atomic E-state index is -5.38. The van der Waals surface area contributed by atoms with Gasteiger partial charge in [0, 0.05) is 13.0 Å². The topological polar surface area (TPSA) is 150 Å². The molecule has 0 saturated carbocycles. The average molecular weight is 519 g/mol. The Morgan fingerprint density at radius 2 is 1.43 bits per heavy atom. The van der Waals surface area contributed by atoms with Gasteiger partial charge in [-0.1, -0.05) is 42.5 Å². The van der Waals surface area contributed by atoms with Crippen molar-refractivity contribution in [3.05, 3.63) is 71.3 Å². The Morgan fingerprint density at radius 3 is 1.95 bits per heavy atom. The van der Waals surface area contributed by atoms with E-state index in [9.17, 15) is 47.0 Å². The average Bonchev–Trinajstić information content (AvgIpc) is 3.11. The molecule has 0 radical (unpaired) electrons. The monoisotopic (exact) mass is 519 g/mol. The van der Waals surface area contributed by atoms with Gasteiger partial charge in [0.25, 0.3) is 11.8 Å². The van der Waals surface area contributed by atoms with Crippen molar-refractivity contribution in [3.63, 3.8) is 0 Å². The Morgan fingerprint density at radius 1 is 0.892 bits per heavy atom. The van der Waals surface area contributed by atoms with Gasteiger partial charge in [-0.2, -0.15) is 13.2 Å². The normalized spacial score (nSPS) is 14.6. The molecule has 3 N–H and O–H groups in total. The van der Waals surface area contributed by atoms with Gasteiger partial charge >= 0.3 is 17.9 Å². The Balaban J connectivity index is 1.78. The van der Waals surface area contributed by atoms with E-state index >= 15 is 0 Å². The van der Waals surface area contributed by atoms with Gasteiger partial charge in [-0.15, -0.1) is 0 Å². The Hall–Kier alpha value is -4.39. The second-order valence-corrected chi connectivity index (χ2v) is 8.01. The van der Waals surface area contributed by atoms with Crippen molar-refractivity contribution < 1.29 is 47.0 Å². The maximum Gasteiger partial charge on any atom is 0.458 e. The molecule has 0 aromatic heterocycles. The van der Waals surface area contributed by atoms with Gasteiger partial charge in [-0.25, -0.2) is 4.79 Å². The zero-order valence-electron chi connectivity index (χ0n) is 18.9. The number of carbonyl (C=O) groups excluding carboxylic acids is 5. The predicted octanol–water partition coefficient (Wildman–Crippen LogP) is 0.753. The maximum atomic E-state index is 13.2. The van der Waals surface area contributed by atoms with Crippen molar-refractivity contribution >= 4 is 35.3 Å². The van der Waals surface area contributed by atoms with Crippen LogP contribution < -0.4 is 10.6 Å². The summed E-state index contributed by atoms with van der Waals surface area (Å²) in [6.45, 7) is -1.85. The highest BCUT2D eigenvalue weighted by molar-refractivity contribution is 6.40. The molecule has 0 spiro atoms. The summed E-state index contributed by atoms with van der Waals surface area (Å²) in [7, 11) is 0. The van der Waals surface area contributed by atoms with E-state index in [1.54, 1.807) is 30.3 Å². The minimum Gasteiger partial charge on any atom is -0.480 e. The van der Waals surface area contributed by atoms with Crippen LogP contribution in [-0.4, -0.2) is 76.6 Å². The SMILES string of the molecule is O=C(CNC[C@H](NC(=O)C(Cc1ccccc1)N1C(=O)c2ccccc2C1=O)C(=O)O)C(=O)C(F)(F)F. The zero-order valence-corrected chi connectivity index (χ0v) is 18.9. The van der Waals surface area contributed by atoms with Crippen LogP contribution in [0.15, 0.2) is 54.6 Å². The molecule has 0 bridgehead atoms. The van der Waals surface area contributed by atoms with E-state index in [1.807, 2.05) is 0 Å². The number of nitrogens with one attached hydrogen (secondary N) is 2. The second kappa shape index (κ2) is 11.1. The van der Waals surface area contributed by atoms with E-state index in [-0.39, 0.29) is 17.5 Å². The van der Waals surface area contributed by atoms with Crippen molar-refractivity contribution in [2.24, 2.45) is 0 Å². The van der Waals surface area contributed by atoms with Gasteiger partial charge in [0.15, 0.2) is 0 Å². The molecule has 0 saturated heterocycles. The Kier molecular flexibility index (Phi) is 8.17. The highest BCUT2D eigenvalue weighted by atomic mass is 19.4. The molecule has 2 atom stereocenters. The van der Waals surface area contributed by atoms with Gasteiger partial charge in [0.05, 0.1) is 17.7 Å². The fraction of sp³-hybridized carbons (Fsp3) is 0.250. The smallest absolute Gasteiger partial charge is 0.458 e. The number of fused-ring (bicyclic) bond motifs is 1. The van der Waals surface area contributed by atoms with E-state index in [4.69, 9.17) is 0 Å². The van der Waals surface area contributed by atoms with Gasteiger partial charge in [-0.3, -0.25) is 28.9 Å². The molecule has 1 unspecified atom stereocenters. The summed E-state index contributed by atoms with van der Waals surface area (Å²) in [5.74, 6) is -8.59. The number of hydrogen-bond donors (Lipinski definition) is 3. The molecule has 2 aromatic rings. The summed E-state index contributed by atoms with van der Waals surface area (Å²) in [4.78, 5) is 73.9. The zero-order chi connectivity index (χ0) is 27.3. The van der Waals surface area contributed by atoms with Crippen LogP contribution in [0.4, 0.5) is 13.2 Å². The lowest BCUT2D eigenvalue weighted by molar-refractivity contribution is -0.174. The van der Waals surface area contributed by atoms with Crippen LogP contribution in [0.1, 0.15) is 26.3 Å². The summed E-state index contributed by atoms with van der Waals surface area (Å²) >= 11 is 0. The molecule has 0 fully saturated rings. The fourth-order valence-corrected chi connectivity index (χ4v) is 3.67. The lowest BCUT2D eigenvalue weighted by atomic mass is 10.0. The Labute approximate surface area is 207 Å².